The smallest absolute Gasteiger partial charge is 0.303 e. The van der Waals surface area contributed by atoms with E-state index in [-0.39, 0.29) is 0 Å². The third-order valence-electron chi connectivity index (χ3n) is 2.47. The SMILES string of the molecule is [CH2-]N1CCC(CCC(=O)O)CC1. The second-order valence-corrected chi connectivity index (χ2v) is 3.49. The van der Waals surface area contributed by atoms with Crippen LogP contribution in [0.4, 0.5) is 0 Å². The van der Waals surface area contributed by atoms with Gasteiger partial charge in [0.05, 0.1) is 0 Å². The van der Waals surface area contributed by atoms with E-state index in [1.54, 1.807) is 0 Å². The first-order chi connectivity index (χ1) is 5.68. The molecule has 0 spiro atoms. The first-order valence-electron chi connectivity index (χ1n) is 4.45. The molecule has 12 heavy (non-hydrogen) atoms. The predicted octanol–water partition coefficient (Wildman–Crippen LogP) is 1.35. The molecule has 0 amide bonds. The van der Waals surface area contributed by atoms with Gasteiger partial charge in [0.15, 0.2) is 0 Å². The molecule has 0 radical (unpaired) electrons. The fraction of sp³-hybridized carbons (Fsp3) is 0.778. The fourth-order valence-corrected chi connectivity index (χ4v) is 1.60. The largest absolute Gasteiger partial charge is 0.481 e. The highest BCUT2D eigenvalue weighted by Gasteiger charge is 2.14. The summed E-state index contributed by atoms with van der Waals surface area (Å²) in [4.78, 5) is 12.3. The number of likely N-dealkylation sites (tertiary alicyclic amines) is 1. The number of rotatable bonds is 3. The minimum atomic E-state index is -0.674. The molecule has 1 N–H and O–H groups in total. The average Bonchev–Trinajstić information content (AvgIpc) is 2.03. The van der Waals surface area contributed by atoms with E-state index in [1.165, 1.54) is 0 Å². The van der Waals surface area contributed by atoms with Crippen molar-refractivity contribution in [3.8, 4) is 0 Å². The lowest BCUT2D eigenvalue weighted by molar-refractivity contribution is -0.137. The van der Waals surface area contributed by atoms with Crippen LogP contribution in [0.5, 0.6) is 0 Å². The summed E-state index contributed by atoms with van der Waals surface area (Å²) in [7, 11) is 3.84. The Balaban J connectivity index is 2.13. The number of nitrogens with zero attached hydrogens (tertiary/aromatic N) is 1. The van der Waals surface area contributed by atoms with Crippen LogP contribution in [0.3, 0.4) is 0 Å². The molecule has 0 aliphatic carbocycles. The molecular weight excluding hydrogens is 154 g/mol. The Bertz CT molecular complexity index is 151. The van der Waals surface area contributed by atoms with Gasteiger partial charge >= 0.3 is 5.97 Å². The Labute approximate surface area is 73.4 Å². The van der Waals surface area contributed by atoms with Crippen molar-refractivity contribution in [3.63, 3.8) is 0 Å². The molecule has 1 saturated heterocycles. The van der Waals surface area contributed by atoms with Gasteiger partial charge in [-0.05, 0) is 38.3 Å². The Kier molecular flexibility index (Phi) is 3.53. The summed E-state index contributed by atoms with van der Waals surface area (Å²) in [5.41, 5.74) is 0. The van der Waals surface area contributed by atoms with Gasteiger partial charge in [-0.15, -0.1) is 0 Å². The molecule has 0 aromatic carbocycles. The molecule has 0 unspecified atom stereocenters. The van der Waals surface area contributed by atoms with Crippen molar-refractivity contribution in [2.24, 2.45) is 5.92 Å². The van der Waals surface area contributed by atoms with Gasteiger partial charge in [-0.2, -0.15) is 0 Å². The molecule has 3 heteroatoms. The maximum absolute atomic E-state index is 10.3. The molecule has 0 bridgehead atoms. The molecule has 1 fully saturated rings. The second kappa shape index (κ2) is 4.45. The van der Waals surface area contributed by atoms with Gasteiger partial charge in [-0.1, -0.05) is 0 Å². The highest BCUT2D eigenvalue weighted by molar-refractivity contribution is 5.66. The summed E-state index contributed by atoms with van der Waals surface area (Å²) in [5.74, 6) is -0.0637. The minimum absolute atomic E-state index is 0.321. The van der Waals surface area contributed by atoms with E-state index < -0.39 is 5.97 Å². The van der Waals surface area contributed by atoms with Crippen LogP contribution in [0.25, 0.3) is 0 Å². The zero-order valence-corrected chi connectivity index (χ0v) is 7.33. The number of hydrogen-bond donors (Lipinski definition) is 1. The molecule has 1 aliphatic heterocycles. The van der Waals surface area contributed by atoms with Crippen LogP contribution in [0.15, 0.2) is 0 Å². The molecular formula is C9H16NO2-. The van der Waals surface area contributed by atoms with E-state index in [2.05, 4.69) is 11.9 Å². The van der Waals surface area contributed by atoms with Crippen LogP contribution < -0.4 is 0 Å². The van der Waals surface area contributed by atoms with Crippen molar-refractivity contribution in [1.29, 1.82) is 0 Å². The van der Waals surface area contributed by atoms with Gasteiger partial charge in [0, 0.05) is 6.42 Å². The number of piperidine rings is 1. The third-order valence-corrected chi connectivity index (χ3v) is 2.47. The molecule has 0 saturated carbocycles. The van der Waals surface area contributed by atoms with Crippen molar-refractivity contribution in [2.75, 3.05) is 13.1 Å². The molecule has 3 nitrogen and oxygen atoms in total. The zero-order valence-electron chi connectivity index (χ0n) is 7.33. The fourth-order valence-electron chi connectivity index (χ4n) is 1.60. The lowest BCUT2D eigenvalue weighted by Crippen LogP contribution is -2.28. The Hall–Kier alpha value is -0.570. The van der Waals surface area contributed by atoms with E-state index in [4.69, 9.17) is 5.11 Å². The summed E-state index contributed by atoms with van der Waals surface area (Å²) in [5, 5.41) is 8.47. The summed E-state index contributed by atoms with van der Waals surface area (Å²) in [6.45, 7) is 2.04. The van der Waals surface area contributed by atoms with Crippen LogP contribution in [0.1, 0.15) is 25.7 Å². The summed E-state index contributed by atoms with van der Waals surface area (Å²) < 4.78 is 0. The molecule has 1 heterocycles. The second-order valence-electron chi connectivity index (χ2n) is 3.49. The standard InChI is InChI=1S/C9H16NO2/c1-10-6-4-8(5-7-10)2-3-9(11)12/h8H,1-7H2,(H,11,12)/q-1. The topological polar surface area (TPSA) is 40.5 Å². The lowest BCUT2D eigenvalue weighted by Gasteiger charge is -2.34. The lowest BCUT2D eigenvalue weighted by atomic mass is 9.92. The van der Waals surface area contributed by atoms with Crippen molar-refractivity contribution in [2.45, 2.75) is 25.7 Å². The quantitative estimate of drug-likeness (QED) is 0.650. The summed E-state index contributed by atoms with van der Waals surface area (Å²) >= 11 is 0. The summed E-state index contributed by atoms with van der Waals surface area (Å²) in [6, 6.07) is 0. The van der Waals surface area contributed by atoms with Crippen LogP contribution in [0, 0.1) is 13.0 Å². The normalized spacial score (nSPS) is 21.1. The van der Waals surface area contributed by atoms with Crippen molar-refractivity contribution in [3.05, 3.63) is 7.05 Å². The van der Waals surface area contributed by atoms with Crippen LogP contribution in [-0.2, 0) is 4.79 Å². The summed E-state index contributed by atoms with van der Waals surface area (Å²) in [6.07, 6.45) is 3.37. The predicted molar refractivity (Wildman–Crippen MR) is 46.5 cm³/mol. The van der Waals surface area contributed by atoms with Crippen molar-refractivity contribution in [1.82, 2.24) is 4.90 Å². The highest BCUT2D eigenvalue weighted by atomic mass is 16.4. The van der Waals surface area contributed by atoms with Gasteiger partial charge in [0.2, 0.25) is 0 Å². The molecule has 0 atom stereocenters. The zero-order chi connectivity index (χ0) is 8.97. The number of carboxylic acids is 1. The third kappa shape index (κ3) is 3.22. The molecule has 1 aliphatic rings. The van der Waals surface area contributed by atoms with E-state index in [0.29, 0.717) is 12.3 Å². The minimum Gasteiger partial charge on any atom is -0.481 e. The van der Waals surface area contributed by atoms with Crippen LogP contribution in [0.2, 0.25) is 0 Å². The van der Waals surface area contributed by atoms with Gasteiger partial charge in [-0.3, -0.25) is 11.8 Å². The molecule has 0 aromatic heterocycles. The van der Waals surface area contributed by atoms with Gasteiger partial charge in [0.1, 0.15) is 0 Å². The molecule has 1 rings (SSSR count). The maximum atomic E-state index is 10.3. The number of carboxylic acid groups (broad SMARTS) is 1. The van der Waals surface area contributed by atoms with E-state index in [9.17, 15) is 4.79 Å². The van der Waals surface area contributed by atoms with Gasteiger partial charge in [0.25, 0.3) is 0 Å². The van der Waals surface area contributed by atoms with E-state index in [1.807, 2.05) is 0 Å². The highest BCUT2D eigenvalue weighted by Crippen LogP contribution is 2.20. The molecule has 70 valence electrons. The van der Waals surface area contributed by atoms with E-state index in [0.717, 1.165) is 32.4 Å². The first-order valence-corrected chi connectivity index (χ1v) is 4.45. The number of hydrogen-bond acceptors (Lipinski definition) is 2. The van der Waals surface area contributed by atoms with Crippen LogP contribution in [-0.4, -0.2) is 29.1 Å². The Morgan fingerprint density at radius 3 is 2.58 bits per heavy atom. The van der Waals surface area contributed by atoms with E-state index >= 15 is 0 Å². The van der Waals surface area contributed by atoms with Gasteiger partial charge < -0.3 is 10.0 Å². The Morgan fingerprint density at radius 2 is 2.08 bits per heavy atom. The van der Waals surface area contributed by atoms with Crippen LogP contribution >= 0.6 is 0 Å². The molecule has 0 aromatic rings. The monoisotopic (exact) mass is 170 g/mol. The number of aliphatic carboxylic acids is 1. The van der Waals surface area contributed by atoms with Crippen molar-refractivity contribution < 1.29 is 9.90 Å². The first kappa shape index (κ1) is 9.52. The van der Waals surface area contributed by atoms with Crippen molar-refractivity contribution >= 4 is 5.97 Å². The van der Waals surface area contributed by atoms with Gasteiger partial charge in [-0.25, -0.2) is 0 Å². The Morgan fingerprint density at radius 1 is 1.50 bits per heavy atom. The number of carbonyl (C=O) groups is 1. The average molecular weight is 170 g/mol. The maximum Gasteiger partial charge on any atom is 0.303 e.